The van der Waals surface area contributed by atoms with Gasteiger partial charge in [0.15, 0.2) is 0 Å². The number of piperazine rings is 1. The minimum atomic E-state index is 0.671. The molecule has 0 aromatic heterocycles. The third-order valence-electron chi connectivity index (χ3n) is 4.83. The molecule has 1 saturated heterocycles. The molecule has 1 aliphatic heterocycles. The molecule has 94 valence electrons. The lowest BCUT2D eigenvalue weighted by Crippen LogP contribution is -2.56. The lowest BCUT2D eigenvalue weighted by atomic mass is 9.90. The second kappa shape index (κ2) is 4.66. The molecule has 0 aromatic carbocycles. The van der Waals surface area contributed by atoms with Crippen LogP contribution < -0.4 is 5.32 Å². The molecule has 0 spiro atoms. The standard InChI is InChI=1S/C14H28N2/c1-5-13-8-15-12(4)9-16(13)10-14(6-7-14)11(2)3/h11-13,15H,5-10H2,1-4H3. The summed E-state index contributed by atoms with van der Waals surface area (Å²) in [7, 11) is 0. The van der Waals surface area contributed by atoms with Crippen molar-refractivity contribution in [1.29, 1.82) is 0 Å². The first-order valence-corrected chi connectivity index (χ1v) is 7.05. The van der Waals surface area contributed by atoms with Crippen molar-refractivity contribution in [2.75, 3.05) is 19.6 Å². The van der Waals surface area contributed by atoms with E-state index in [-0.39, 0.29) is 0 Å². The number of hydrogen-bond acceptors (Lipinski definition) is 2. The lowest BCUT2D eigenvalue weighted by molar-refractivity contribution is 0.0916. The zero-order chi connectivity index (χ0) is 11.8. The van der Waals surface area contributed by atoms with Gasteiger partial charge in [0, 0.05) is 31.7 Å². The highest BCUT2D eigenvalue weighted by atomic mass is 15.2. The number of rotatable bonds is 4. The molecule has 2 fully saturated rings. The number of hydrogen-bond donors (Lipinski definition) is 1. The fraction of sp³-hybridized carbons (Fsp3) is 1.00. The predicted octanol–water partition coefficient (Wildman–Crippen LogP) is 2.49. The van der Waals surface area contributed by atoms with Gasteiger partial charge < -0.3 is 5.32 Å². The van der Waals surface area contributed by atoms with Crippen LogP contribution in [0.3, 0.4) is 0 Å². The van der Waals surface area contributed by atoms with Gasteiger partial charge in [-0.3, -0.25) is 4.90 Å². The van der Waals surface area contributed by atoms with E-state index in [0.29, 0.717) is 11.5 Å². The van der Waals surface area contributed by atoms with Crippen LogP contribution in [0.15, 0.2) is 0 Å². The Morgan fingerprint density at radius 1 is 1.38 bits per heavy atom. The molecule has 2 nitrogen and oxygen atoms in total. The van der Waals surface area contributed by atoms with E-state index in [1.807, 2.05) is 0 Å². The Morgan fingerprint density at radius 3 is 2.56 bits per heavy atom. The fourth-order valence-electron chi connectivity index (χ4n) is 3.11. The Balaban J connectivity index is 1.95. The van der Waals surface area contributed by atoms with Gasteiger partial charge in [0.1, 0.15) is 0 Å². The lowest BCUT2D eigenvalue weighted by Gasteiger charge is -2.41. The maximum absolute atomic E-state index is 3.61. The van der Waals surface area contributed by atoms with Crippen LogP contribution in [0.25, 0.3) is 0 Å². The zero-order valence-electron chi connectivity index (χ0n) is 11.4. The molecule has 2 unspecified atom stereocenters. The van der Waals surface area contributed by atoms with Gasteiger partial charge in [-0.1, -0.05) is 20.8 Å². The first-order valence-electron chi connectivity index (χ1n) is 7.05. The third kappa shape index (κ3) is 2.43. The van der Waals surface area contributed by atoms with E-state index in [1.54, 1.807) is 0 Å². The van der Waals surface area contributed by atoms with E-state index in [9.17, 15) is 0 Å². The van der Waals surface area contributed by atoms with Gasteiger partial charge in [0.05, 0.1) is 0 Å². The van der Waals surface area contributed by atoms with Gasteiger partial charge in [0.2, 0.25) is 0 Å². The van der Waals surface area contributed by atoms with Crippen molar-refractivity contribution in [2.45, 2.75) is 59.0 Å². The summed E-state index contributed by atoms with van der Waals surface area (Å²) >= 11 is 0. The Kier molecular flexibility index (Phi) is 3.60. The first-order chi connectivity index (χ1) is 7.57. The van der Waals surface area contributed by atoms with E-state index in [4.69, 9.17) is 0 Å². The summed E-state index contributed by atoms with van der Waals surface area (Å²) in [4.78, 5) is 2.76. The maximum atomic E-state index is 3.61. The van der Waals surface area contributed by atoms with Crippen molar-refractivity contribution in [1.82, 2.24) is 10.2 Å². The van der Waals surface area contributed by atoms with Crippen LogP contribution in [-0.4, -0.2) is 36.6 Å². The smallest absolute Gasteiger partial charge is 0.0219 e. The molecular formula is C14H28N2. The second-order valence-electron chi connectivity index (χ2n) is 6.32. The minimum Gasteiger partial charge on any atom is -0.311 e. The van der Waals surface area contributed by atoms with Crippen molar-refractivity contribution in [2.24, 2.45) is 11.3 Å². The van der Waals surface area contributed by atoms with Crippen LogP contribution in [0.2, 0.25) is 0 Å². The maximum Gasteiger partial charge on any atom is 0.0219 e. The molecule has 2 atom stereocenters. The van der Waals surface area contributed by atoms with Crippen molar-refractivity contribution >= 4 is 0 Å². The molecule has 1 saturated carbocycles. The highest BCUT2D eigenvalue weighted by molar-refractivity contribution is 4.99. The monoisotopic (exact) mass is 224 g/mol. The summed E-state index contributed by atoms with van der Waals surface area (Å²) in [5.41, 5.74) is 0.671. The van der Waals surface area contributed by atoms with E-state index >= 15 is 0 Å². The van der Waals surface area contributed by atoms with E-state index < -0.39 is 0 Å². The highest BCUT2D eigenvalue weighted by Gasteiger charge is 2.47. The minimum absolute atomic E-state index is 0.671. The van der Waals surface area contributed by atoms with Crippen molar-refractivity contribution < 1.29 is 0 Å². The Bertz CT molecular complexity index is 233. The zero-order valence-corrected chi connectivity index (χ0v) is 11.4. The number of nitrogens with zero attached hydrogens (tertiary/aromatic N) is 1. The largest absolute Gasteiger partial charge is 0.311 e. The van der Waals surface area contributed by atoms with Gasteiger partial charge in [-0.15, -0.1) is 0 Å². The summed E-state index contributed by atoms with van der Waals surface area (Å²) in [5.74, 6) is 0.857. The highest BCUT2D eigenvalue weighted by Crippen LogP contribution is 2.52. The van der Waals surface area contributed by atoms with Crippen LogP contribution in [0.1, 0.15) is 47.0 Å². The number of nitrogens with one attached hydrogen (secondary N) is 1. The fourth-order valence-corrected chi connectivity index (χ4v) is 3.11. The summed E-state index contributed by atoms with van der Waals surface area (Å²) in [5, 5.41) is 3.61. The molecule has 0 aromatic rings. The first kappa shape index (κ1) is 12.4. The summed E-state index contributed by atoms with van der Waals surface area (Å²) in [6, 6.07) is 1.44. The Labute approximate surface area is 101 Å². The molecule has 2 aliphatic rings. The van der Waals surface area contributed by atoms with Gasteiger partial charge in [0.25, 0.3) is 0 Å². The van der Waals surface area contributed by atoms with E-state index in [0.717, 1.165) is 12.0 Å². The molecular weight excluding hydrogens is 196 g/mol. The summed E-state index contributed by atoms with van der Waals surface area (Å²) in [6.45, 7) is 13.2. The summed E-state index contributed by atoms with van der Waals surface area (Å²) < 4.78 is 0. The van der Waals surface area contributed by atoms with Gasteiger partial charge in [-0.25, -0.2) is 0 Å². The molecule has 1 heterocycles. The predicted molar refractivity (Wildman–Crippen MR) is 69.6 cm³/mol. The molecule has 16 heavy (non-hydrogen) atoms. The van der Waals surface area contributed by atoms with Crippen LogP contribution in [0.4, 0.5) is 0 Å². The van der Waals surface area contributed by atoms with Crippen LogP contribution in [0.5, 0.6) is 0 Å². The molecule has 2 rings (SSSR count). The average molecular weight is 224 g/mol. The van der Waals surface area contributed by atoms with Crippen molar-refractivity contribution in [3.8, 4) is 0 Å². The van der Waals surface area contributed by atoms with Crippen LogP contribution >= 0.6 is 0 Å². The second-order valence-corrected chi connectivity index (χ2v) is 6.32. The molecule has 1 aliphatic carbocycles. The normalized spacial score (nSPS) is 34.3. The Hall–Kier alpha value is -0.0800. The quantitative estimate of drug-likeness (QED) is 0.789. The Morgan fingerprint density at radius 2 is 2.06 bits per heavy atom. The average Bonchev–Trinajstić information content (AvgIpc) is 2.99. The van der Waals surface area contributed by atoms with E-state index in [1.165, 1.54) is 38.9 Å². The van der Waals surface area contributed by atoms with E-state index in [2.05, 4.69) is 37.9 Å². The summed E-state index contributed by atoms with van der Waals surface area (Å²) in [6.07, 6.45) is 4.20. The van der Waals surface area contributed by atoms with Crippen molar-refractivity contribution in [3.05, 3.63) is 0 Å². The van der Waals surface area contributed by atoms with Gasteiger partial charge >= 0.3 is 0 Å². The van der Waals surface area contributed by atoms with Gasteiger partial charge in [-0.2, -0.15) is 0 Å². The molecule has 1 N–H and O–H groups in total. The topological polar surface area (TPSA) is 15.3 Å². The molecule has 2 heteroatoms. The SMILES string of the molecule is CCC1CNC(C)CN1CC1(C(C)C)CC1. The molecule has 0 amide bonds. The van der Waals surface area contributed by atoms with Crippen LogP contribution in [-0.2, 0) is 0 Å². The van der Waals surface area contributed by atoms with Gasteiger partial charge in [-0.05, 0) is 37.5 Å². The van der Waals surface area contributed by atoms with Crippen LogP contribution in [0, 0.1) is 11.3 Å². The molecule has 0 radical (unpaired) electrons. The third-order valence-corrected chi connectivity index (χ3v) is 4.83. The molecule has 0 bridgehead atoms. The van der Waals surface area contributed by atoms with Crippen molar-refractivity contribution in [3.63, 3.8) is 0 Å².